The van der Waals surface area contributed by atoms with Crippen molar-refractivity contribution in [3.63, 3.8) is 0 Å². The van der Waals surface area contributed by atoms with Crippen LogP contribution in [0.3, 0.4) is 0 Å². The lowest BCUT2D eigenvalue weighted by Gasteiger charge is -2.41. The lowest BCUT2D eigenvalue weighted by Crippen LogP contribution is -2.64. The van der Waals surface area contributed by atoms with Crippen molar-refractivity contribution >= 4 is 19.8 Å². The van der Waals surface area contributed by atoms with E-state index in [0.29, 0.717) is 12.8 Å². The van der Waals surface area contributed by atoms with Gasteiger partial charge in [0.25, 0.3) is 0 Å². The van der Waals surface area contributed by atoms with E-state index in [9.17, 15) is 44.6 Å². The third kappa shape index (κ3) is 24.5. The molecule has 0 bridgehead atoms. The number of carbonyl (C=O) groups is 2. The Balaban J connectivity index is 2.38. The molecule has 6 unspecified atom stereocenters. The van der Waals surface area contributed by atoms with Crippen molar-refractivity contribution < 1.29 is 63.1 Å². The zero-order chi connectivity index (χ0) is 40.0. The minimum absolute atomic E-state index is 0.101. The Labute approximate surface area is 325 Å². The number of esters is 2. The third-order valence-corrected chi connectivity index (χ3v) is 11.2. The molecule has 6 N–H and O–H groups in total. The largest absolute Gasteiger partial charge is 0.472 e. The number of aliphatic hydroxyl groups excluding tert-OH is 5. The molecular formula is C40H77O13P. The molecule has 54 heavy (non-hydrogen) atoms. The Hall–Kier alpha value is -1.15. The van der Waals surface area contributed by atoms with E-state index in [1.807, 2.05) is 0 Å². The van der Waals surface area contributed by atoms with Crippen molar-refractivity contribution in [2.75, 3.05) is 13.2 Å². The van der Waals surface area contributed by atoms with Crippen LogP contribution in [0.2, 0.25) is 0 Å². The number of phosphoric ester groups is 1. The first kappa shape index (κ1) is 50.9. The van der Waals surface area contributed by atoms with Crippen molar-refractivity contribution in [2.24, 2.45) is 0 Å². The molecule has 1 fully saturated rings. The first-order valence-corrected chi connectivity index (χ1v) is 22.8. The van der Waals surface area contributed by atoms with Gasteiger partial charge in [0.15, 0.2) is 6.10 Å². The van der Waals surface area contributed by atoms with Crippen molar-refractivity contribution in [3.05, 3.63) is 0 Å². The topological polar surface area (TPSA) is 210 Å². The molecule has 1 aliphatic carbocycles. The van der Waals surface area contributed by atoms with Crippen LogP contribution in [-0.4, -0.2) is 98.3 Å². The van der Waals surface area contributed by atoms with Crippen molar-refractivity contribution in [2.45, 2.75) is 230 Å². The van der Waals surface area contributed by atoms with E-state index in [1.54, 1.807) is 0 Å². The van der Waals surface area contributed by atoms with Gasteiger partial charge in [-0.05, 0) is 12.8 Å². The van der Waals surface area contributed by atoms with Crippen LogP contribution in [-0.2, 0) is 32.7 Å². The second-order valence-corrected chi connectivity index (χ2v) is 16.6. The smallest absolute Gasteiger partial charge is 0.462 e. The molecule has 320 valence electrons. The van der Waals surface area contributed by atoms with Crippen molar-refractivity contribution in [1.29, 1.82) is 0 Å². The van der Waals surface area contributed by atoms with Gasteiger partial charge >= 0.3 is 19.8 Å². The Morgan fingerprint density at radius 1 is 0.500 bits per heavy atom. The van der Waals surface area contributed by atoms with E-state index in [1.165, 1.54) is 96.3 Å². The fourth-order valence-electron chi connectivity index (χ4n) is 6.70. The highest BCUT2D eigenvalue weighted by Crippen LogP contribution is 2.47. The molecule has 0 aromatic heterocycles. The molecule has 1 rings (SSSR count). The maximum atomic E-state index is 12.7. The Morgan fingerprint density at radius 2 is 0.833 bits per heavy atom. The van der Waals surface area contributed by atoms with Crippen LogP contribution < -0.4 is 0 Å². The van der Waals surface area contributed by atoms with Gasteiger partial charge in [0, 0.05) is 12.8 Å². The predicted octanol–water partition coefficient (Wildman–Crippen LogP) is 7.33. The molecule has 0 radical (unpaired) electrons. The average Bonchev–Trinajstić information content (AvgIpc) is 3.15. The van der Waals surface area contributed by atoms with Crippen LogP contribution in [0.4, 0.5) is 0 Å². The quantitative estimate of drug-likeness (QED) is 0.0211. The van der Waals surface area contributed by atoms with Gasteiger partial charge in [0.1, 0.15) is 43.2 Å². The zero-order valence-corrected chi connectivity index (χ0v) is 34.4. The number of carbonyl (C=O) groups excluding carboxylic acids is 2. The van der Waals surface area contributed by atoms with Crippen LogP contribution in [0.5, 0.6) is 0 Å². The van der Waals surface area contributed by atoms with Crippen molar-refractivity contribution in [3.8, 4) is 0 Å². The molecule has 14 heteroatoms. The van der Waals surface area contributed by atoms with E-state index in [0.717, 1.165) is 51.4 Å². The lowest BCUT2D eigenvalue weighted by molar-refractivity contribution is -0.220. The number of aliphatic hydroxyl groups is 5. The van der Waals surface area contributed by atoms with Crippen LogP contribution in [0.25, 0.3) is 0 Å². The Morgan fingerprint density at radius 3 is 1.22 bits per heavy atom. The molecule has 1 aliphatic rings. The monoisotopic (exact) mass is 797 g/mol. The summed E-state index contributed by atoms with van der Waals surface area (Å²) in [7, 11) is -5.10. The van der Waals surface area contributed by atoms with E-state index in [2.05, 4.69) is 13.8 Å². The second kappa shape index (κ2) is 31.9. The summed E-state index contributed by atoms with van der Waals surface area (Å²) in [5.41, 5.74) is 0. The molecule has 0 aromatic rings. The van der Waals surface area contributed by atoms with E-state index >= 15 is 0 Å². The zero-order valence-electron chi connectivity index (χ0n) is 33.5. The highest BCUT2D eigenvalue weighted by atomic mass is 31.2. The average molecular weight is 797 g/mol. The van der Waals surface area contributed by atoms with Crippen LogP contribution in [0, 0.1) is 0 Å². The van der Waals surface area contributed by atoms with Gasteiger partial charge in [0.2, 0.25) is 0 Å². The minimum atomic E-state index is -5.10. The molecule has 0 heterocycles. The summed E-state index contributed by atoms with van der Waals surface area (Å²) in [5.74, 6) is -1.10. The number of rotatable bonds is 35. The van der Waals surface area contributed by atoms with Gasteiger partial charge in [-0.15, -0.1) is 0 Å². The molecule has 0 aromatic carbocycles. The number of hydrogen-bond acceptors (Lipinski definition) is 12. The first-order valence-electron chi connectivity index (χ1n) is 21.3. The summed E-state index contributed by atoms with van der Waals surface area (Å²) in [5, 5.41) is 49.9. The van der Waals surface area contributed by atoms with Gasteiger partial charge < -0.3 is 39.9 Å². The highest BCUT2D eigenvalue weighted by Gasteiger charge is 2.51. The van der Waals surface area contributed by atoms with Crippen LogP contribution >= 0.6 is 7.82 Å². The molecule has 0 amide bonds. The summed E-state index contributed by atoms with van der Waals surface area (Å²) in [4.78, 5) is 35.4. The van der Waals surface area contributed by atoms with Gasteiger partial charge in [-0.25, -0.2) is 4.57 Å². The van der Waals surface area contributed by atoms with Crippen LogP contribution in [0.1, 0.15) is 187 Å². The van der Waals surface area contributed by atoms with Crippen LogP contribution in [0.15, 0.2) is 0 Å². The first-order chi connectivity index (χ1) is 25.9. The Kier molecular flexibility index (Phi) is 30.0. The second-order valence-electron chi connectivity index (χ2n) is 15.2. The summed E-state index contributed by atoms with van der Waals surface area (Å²) >= 11 is 0. The fourth-order valence-corrected chi connectivity index (χ4v) is 7.67. The van der Waals surface area contributed by atoms with Gasteiger partial charge in [-0.3, -0.25) is 18.6 Å². The summed E-state index contributed by atoms with van der Waals surface area (Å²) < 4.78 is 33.3. The van der Waals surface area contributed by atoms with Gasteiger partial charge in [-0.1, -0.05) is 162 Å². The number of ether oxygens (including phenoxy) is 2. The summed E-state index contributed by atoms with van der Waals surface area (Å²) in [6.45, 7) is 3.24. The molecule has 0 spiro atoms. The number of phosphoric acid groups is 1. The maximum absolute atomic E-state index is 12.7. The number of unbranched alkanes of at least 4 members (excludes halogenated alkanes) is 23. The molecule has 0 aliphatic heterocycles. The van der Waals surface area contributed by atoms with Gasteiger partial charge in [-0.2, -0.15) is 0 Å². The summed E-state index contributed by atoms with van der Waals surface area (Å²) in [6, 6.07) is 0. The molecule has 1 saturated carbocycles. The Bertz CT molecular complexity index is 969. The normalized spacial score (nSPS) is 23.2. The third-order valence-electron chi connectivity index (χ3n) is 10.2. The maximum Gasteiger partial charge on any atom is 0.472 e. The standard InChI is InChI=1S/C40H77O13P/c1-3-5-7-9-11-12-13-14-15-16-17-18-19-20-21-23-24-26-28-33(41)50-30-32(52-34(42)29-27-25-22-10-8-6-4-2)31-51-54(48,49)53-40-38(46)36(44)35(43)37(45)39(40)47/h32,35-40,43-47H,3-31H2,1-2H3,(H,48,49)/t32-,35?,36-,37?,38?,39?,40?/m0/s1. The molecule has 0 saturated heterocycles. The van der Waals surface area contributed by atoms with Crippen molar-refractivity contribution in [1.82, 2.24) is 0 Å². The van der Waals surface area contributed by atoms with E-state index in [-0.39, 0.29) is 12.8 Å². The predicted molar refractivity (Wildman–Crippen MR) is 208 cm³/mol. The number of hydrogen-bond donors (Lipinski definition) is 6. The van der Waals surface area contributed by atoms with Gasteiger partial charge in [0.05, 0.1) is 6.61 Å². The molecule has 13 nitrogen and oxygen atoms in total. The molecular weight excluding hydrogens is 719 g/mol. The minimum Gasteiger partial charge on any atom is -0.462 e. The van der Waals surface area contributed by atoms with E-state index in [4.69, 9.17) is 18.5 Å². The summed E-state index contributed by atoms with van der Waals surface area (Å²) in [6.07, 6.45) is 16.4. The lowest BCUT2D eigenvalue weighted by atomic mass is 9.85. The van der Waals surface area contributed by atoms with E-state index < -0.39 is 75.7 Å². The SMILES string of the molecule is CCCCCCCCCCCCCCCCCCCCC(=O)OC[C@@H](COP(=O)(O)OC1C(O)C(O)C(O)[C@H](O)C1O)OC(=O)CCCCCCCCC. The molecule has 8 atom stereocenters. The fraction of sp³-hybridized carbons (Fsp3) is 0.950. The highest BCUT2D eigenvalue weighted by molar-refractivity contribution is 7.47.